The van der Waals surface area contributed by atoms with Gasteiger partial charge in [-0.05, 0) is 24.3 Å². The van der Waals surface area contributed by atoms with Crippen molar-refractivity contribution in [2.24, 2.45) is 0 Å². The van der Waals surface area contributed by atoms with Gasteiger partial charge in [-0.25, -0.2) is 14.6 Å². The summed E-state index contributed by atoms with van der Waals surface area (Å²) in [6, 6.07) is 11.2. The number of amides is 1. The summed E-state index contributed by atoms with van der Waals surface area (Å²) < 4.78 is 1.53. The molecule has 4 aromatic rings. The number of benzene rings is 1. The maximum Gasteiger partial charge on any atom is 0.276 e. The Balaban J connectivity index is 1.27. The average Bonchev–Trinajstić information content (AvgIpc) is 3.41. The molecule has 1 amide bonds. The van der Waals surface area contributed by atoms with Crippen LogP contribution in [0.15, 0.2) is 48.8 Å². The average molecular weight is 426 g/mol. The highest BCUT2D eigenvalue weighted by Gasteiger charge is 2.26. The maximum absolute atomic E-state index is 12.8. The second kappa shape index (κ2) is 7.41. The molecule has 4 heterocycles. The molecule has 0 radical (unpaired) electrons. The number of para-hydroxylation sites is 1. The van der Waals surface area contributed by atoms with E-state index in [1.54, 1.807) is 34.7 Å². The van der Waals surface area contributed by atoms with Gasteiger partial charge in [-0.1, -0.05) is 40.3 Å². The predicted molar refractivity (Wildman–Crippen MR) is 112 cm³/mol. The number of piperazine rings is 1. The number of carbonyl (C=O) groups excluding carboxylic acids is 1. The summed E-state index contributed by atoms with van der Waals surface area (Å²) >= 11 is 7.78. The van der Waals surface area contributed by atoms with Crippen LogP contribution < -0.4 is 4.90 Å². The first-order valence-corrected chi connectivity index (χ1v) is 10.3. The molecule has 1 aliphatic heterocycles. The van der Waals surface area contributed by atoms with E-state index in [1.807, 2.05) is 30.3 Å². The van der Waals surface area contributed by atoms with Crippen LogP contribution in [-0.2, 0) is 0 Å². The molecule has 0 saturated carbocycles. The van der Waals surface area contributed by atoms with Gasteiger partial charge in [0.2, 0.25) is 0 Å². The van der Waals surface area contributed by atoms with E-state index in [0.717, 1.165) is 15.5 Å². The second-order valence-corrected chi connectivity index (χ2v) is 7.97. The summed E-state index contributed by atoms with van der Waals surface area (Å²) in [5, 5.41) is 9.60. The summed E-state index contributed by atoms with van der Waals surface area (Å²) in [4.78, 5) is 26.8. The van der Waals surface area contributed by atoms with Crippen LogP contribution in [0.3, 0.4) is 0 Å². The first-order valence-electron chi connectivity index (χ1n) is 9.12. The Morgan fingerprint density at radius 3 is 2.69 bits per heavy atom. The summed E-state index contributed by atoms with van der Waals surface area (Å²) in [6.07, 6.45) is 3.39. The topological polar surface area (TPSA) is 80.0 Å². The molecule has 0 atom stereocenters. The lowest BCUT2D eigenvalue weighted by atomic mass is 10.3. The van der Waals surface area contributed by atoms with Crippen LogP contribution in [0.2, 0.25) is 5.02 Å². The Bertz CT molecular complexity index is 1150. The molecule has 8 nitrogen and oxygen atoms in total. The molecule has 1 aromatic carbocycles. The first-order chi connectivity index (χ1) is 14.2. The van der Waals surface area contributed by atoms with Gasteiger partial charge in [0, 0.05) is 32.4 Å². The van der Waals surface area contributed by atoms with Crippen molar-refractivity contribution in [3.05, 3.63) is 59.5 Å². The molecule has 1 saturated heterocycles. The van der Waals surface area contributed by atoms with Gasteiger partial charge in [0.15, 0.2) is 10.8 Å². The largest absolute Gasteiger partial charge is 0.344 e. The molecule has 0 aliphatic carbocycles. The lowest BCUT2D eigenvalue weighted by molar-refractivity contribution is 0.0740. The Hall–Kier alpha value is -3.04. The van der Waals surface area contributed by atoms with E-state index < -0.39 is 0 Å². The molecule has 1 aliphatic rings. The molecular weight excluding hydrogens is 410 g/mol. The van der Waals surface area contributed by atoms with Gasteiger partial charge in [-0.3, -0.25) is 4.79 Å². The van der Waals surface area contributed by atoms with Crippen LogP contribution in [0.4, 0.5) is 5.13 Å². The quantitative estimate of drug-likeness (QED) is 0.502. The number of thiazole rings is 1. The van der Waals surface area contributed by atoms with Crippen molar-refractivity contribution in [3.63, 3.8) is 0 Å². The molecule has 1 fully saturated rings. The van der Waals surface area contributed by atoms with Crippen LogP contribution in [0, 0.1) is 0 Å². The monoisotopic (exact) mass is 425 g/mol. The van der Waals surface area contributed by atoms with Crippen LogP contribution in [0.1, 0.15) is 10.5 Å². The minimum absolute atomic E-state index is 0.131. The molecule has 0 spiro atoms. The van der Waals surface area contributed by atoms with Crippen LogP contribution in [-0.4, -0.2) is 61.9 Å². The number of carbonyl (C=O) groups is 1. The number of pyridine rings is 1. The minimum Gasteiger partial charge on any atom is -0.344 e. The van der Waals surface area contributed by atoms with Gasteiger partial charge >= 0.3 is 0 Å². The second-order valence-electron chi connectivity index (χ2n) is 6.60. The van der Waals surface area contributed by atoms with Gasteiger partial charge in [-0.15, -0.1) is 5.10 Å². The van der Waals surface area contributed by atoms with E-state index in [9.17, 15) is 4.79 Å². The van der Waals surface area contributed by atoms with E-state index in [0.29, 0.717) is 42.6 Å². The number of anilines is 1. The van der Waals surface area contributed by atoms with Gasteiger partial charge < -0.3 is 9.80 Å². The van der Waals surface area contributed by atoms with E-state index in [1.165, 1.54) is 4.68 Å². The van der Waals surface area contributed by atoms with Crippen LogP contribution >= 0.6 is 22.9 Å². The zero-order valence-electron chi connectivity index (χ0n) is 15.3. The first kappa shape index (κ1) is 18.0. The third-order valence-corrected chi connectivity index (χ3v) is 6.16. The Morgan fingerprint density at radius 2 is 1.90 bits per heavy atom. The van der Waals surface area contributed by atoms with Crippen LogP contribution in [0.5, 0.6) is 0 Å². The molecule has 146 valence electrons. The summed E-state index contributed by atoms with van der Waals surface area (Å²) in [6.45, 7) is 2.62. The highest BCUT2D eigenvalue weighted by Crippen LogP contribution is 2.27. The summed E-state index contributed by atoms with van der Waals surface area (Å²) in [7, 11) is 0. The highest BCUT2D eigenvalue weighted by atomic mass is 35.5. The summed E-state index contributed by atoms with van der Waals surface area (Å²) in [5.74, 6) is -0.131. The van der Waals surface area contributed by atoms with Gasteiger partial charge in [0.1, 0.15) is 10.3 Å². The SMILES string of the molecule is O=C(c1cn(-c2ccccc2Cl)nn1)N1CCN(c2nc3cccnc3s2)CC1. The fourth-order valence-corrected chi connectivity index (χ4v) is 4.46. The number of nitrogens with zero attached hydrogens (tertiary/aromatic N) is 7. The van der Waals surface area contributed by atoms with E-state index in [-0.39, 0.29) is 5.91 Å². The number of rotatable bonds is 3. The smallest absolute Gasteiger partial charge is 0.276 e. The lowest BCUT2D eigenvalue weighted by Crippen LogP contribution is -2.48. The lowest BCUT2D eigenvalue weighted by Gasteiger charge is -2.34. The van der Waals surface area contributed by atoms with E-state index >= 15 is 0 Å². The zero-order valence-corrected chi connectivity index (χ0v) is 16.8. The van der Waals surface area contributed by atoms with Gasteiger partial charge in [0.05, 0.1) is 16.9 Å². The standard InChI is InChI=1S/C19H16ClN7OS/c20-13-4-1-2-6-16(13)27-12-15(23-24-27)18(28)25-8-10-26(11-9-25)19-22-14-5-3-7-21-17(14)29-19/h1-7,12H,8-11H2. The fourth-order valence-electron chi connectivity index (χ4n) is 3.27. The van der Waals surface area contributed by atoms with Gasteiger partial charge in [-0.2, -0.15) is 0 Å². The molecule has 5 rings (SSSR count). The van der Waals surface area contributed by atoms with E-state index in [2.05, 4.69) is 25.2 Å². The Morgan fingerprint density at radius 1 is 1.07 bits per heavy atom. The molecule has 10 heteroatoms. The van der Waals surface area contributed by atoms with Crippen molar-refractivity contribution >= 4 is 44.3 Å². The van der Waals surface area contributed by atoms with E-state index in [4.69, 9.17) is 11.6 Å². The van der Waals surface area contributed by atoms with Crippen LogP contribution in [0.25, 0.3) is 16.0 Å². The third kappa shape index (κ3) is 3.43. The number of halogens is 1. The van der Waals surface area contributed by atoms with Crippen molar-refractivity contribution < 1.29 is 4.79 Å². The van der Waals surface area contributed by atoms with Crippen molar-refractivity contribution in [2.45, 2.75) is 0 Å². The van der Waals surface area contributed by atoms with Crippen molar-refractivity contribution in [1.82, 2.24) is 29.9 Å². The molecular formula is C19H16ClN7OS. The zero-order chi connectivity index (χ0) is 19.8. The predicted octanol–water partition coefficient (Wildman–Crippen LogP) is 2.89. The number of aromatic nitrogens is 5. The number of hydrogen-bond acceptors (Lipinski definition) is 7. The normalized spacial score (nSPS) is 14.5. The molecule has 29 heavy (non-hydrogen) atoms. The Labute approximate surface area is 175 Å². The maximum atomic E-state index is 12.8. The molecule has 0 unspecified atom stereocenters. The molecule has 0 N–H and O–H groups in total. The van der Waals surface area contributed by atoms with Crippen molar-refractivity contribution in [2.75, 3.05) is 31.1 Å². The number of fused-ring (bicyclic) bond motifs is 1. The van der Waals surface area contributed by atoms with Crippen molar-refractivity contribution in [1.29, 1.82) is 0 Å². The molecule has 3 aromatic heterocycles. The minimum atomic E-state index is -0.131. The third-order valence-electron chi connectivity index (χ3n) is 4.80. The number of hydrogen-bond donors (Lipinski definition) is 0. The Kier molecular flexibility index (Phi) is 4.61. The fraction of sp³-hybridized carbons (Fsp3) is 0.211. The summed E-state index contributed by atoms with van der Waals surface area (Å²) in [5.41, 5.74) is 1.90. The van der Waals surface area contributed by atoms with Crippen molar-refractivity contribution in [3.8, 4) is 5.69 Å². The van der Waals surface area contributed by atoms with Gasteiger partial charge in [0.25, 0.3) is 5.91 Å². The highest BCUT2D eigenvalue weighted by molar-refractivity contribution is 7.21. The molecule has 0 bridgehead atoms.